The summed E-state index contributed by atoms with van der Waals surface area (Å²) in [6, 6.07) is 5.85. The van der Waals surface area contributed by atoms with Gasteiger partial charge in [0, 0.05) is 21.1 Å². The van der Waals surface area contributed by atoms with E-state index in [1.54, 1.807) is 13.8 Å². The lowest BCUT2D eigenvalue weighted by Gasteiger charge is -2.20. The van der Waals surface area contributed by atoms with Crippen LogP contribution in [0.25, 0.3) is 10.9 Å². The average Bonchev–Trinajstić information content (AvgIpc) is 2.53. The number of benzene rings is 1. The van der Waals surface area contributed by atoms with Crippen LogP contribution in [0.2, 0.25) is 0 Å². The molecule has 2 aromatic rings. The minimum Gasteiger partial charge on any atom is -0.481 e. The van der Waals surface area contributed by atoms with Gasteiger partial charge < -0.3 is 10.1 Å². The average molecular weight is 296 g/mol. The van der Waals surface area contributed by atoms with Gasteiger partial charge in [0.05, 0.1) is 5.41 Å². The van der Waals surface area contributed by atoms with Crippen molar-refractivity contribution in [1.82, 2.24) is 4.98 Å². The van der Waals surface area contributed by atoms with Crippen molar-refractivity contribution in [2.24, 2.45) is 0 Å². The molecule has 1 aromatic heterocycles. The van der Waals surface area contributed by atoms with Crippen LogP contribution < -0.4 is 0 Å². The number of aromatic amines is 1. The normalized spacial score (nSPS) is 12.0. The zero-order valence-corrected chi connectivity index (χ0v) is 11.6. The van der Waals surface area contributed by atoms with E-state index < -0.39 is 11.4 Å². The van der Waals surface area contributed by atoms with Gasteiger partial charge >= 0.3 is 5.97 Å². The highest BCUT2D eigenvalue weighted by Gasteiger charge is 2.33. The van der Waals surface area contributed by atoms with Crippen LogP contribution in [-0.2, 0) is 10.2 Å². The third-order valence-electron chi connectivity index (χ3n) is 3.11. The first-order chi connectivity index (χ1) is 7.84. The van der Waals surface area contributed by atoms with E-state index in [1.165, 1.54) is 0 Å². The lowest BCUT2D eigenvalue weighted by atomic mass is 9.83. The number of rotatable bonds is 2. The van der Waals surface area contributed by atoms with Crippen molar-refractivity contribution in [3.05, 3.63) is 33.9 Å². The summed E-state index contributed by atoms with van der Waals surface area (Å²) in [5.74, 6) is -0.818. The van der Waals surface area contributed by atoms with Gasteiger partial charge in [-0.25, -0.2) is 0 Å². The first-order valence-electron chi connectivity index (χ1n) is 5.35. The molecule has 0 saturated carbocycles. The molecule has 0 saturated heterocycles. The first-order valence-corrected chi connectivity index (χ1v) is 6.15. The van der Waals surface area contributed by atoms with Gasteiger partial charge in [-0.05, 0) is 44.5 Å². The Balaban J connectivity index is 2.80. The van der Waals surface area contributed by atoms with Gasteiger partial charge in [0.15, 0.2) is 0 Å². The molecular weight excluding hydrogens is 282 g/mol. The lowest BCUT2D eigenvalue weighted by molar-refractivity contribution is -0.142. The van der Waals surface area contributed by atoms with Crippen molar-refractivity contribution in [2.75, 3.05) is 0 Å². The molecule has 1 heterocycles. The largest absolute Gasteiger partial charge is 0.481 e. The molecule has 3 nitrogen and oxygen atoms in total. The molecule has 0 amide bonds. The van der Waals surface area contributed by atoms with Crippen LogP contribution in [0.1, 0.15) is 25.1 Å². The molecule has 0 radical (unpaired) electrons. The molecule has 2 rings (SSSR count). The van der Waals surface area contributed by atoms with Crippen LogP contribution in [0, 0.1) is 6.92 Å². The van der Waals surface area contributed by atoms with Crippen molar-refractivity contribution < 1.29 is 9.90 Å². The molecule has 4 heteroatoms. The topological polar surface area (TPSA) is 53.1 Å². The minimum absolute atomic E-state index is 0.818. The summed E-state index contributed by atoms with van der Waals surface area (Å²) in [7, 11) is 0. The Morgan fingerprint density at radius 1 is 1.41 bits per heavy atom. The monoisotopic (exact) mass is 295 g/mol. The molecule has 17 heavy (non-hydrogen) atoms. The van der Waals surface area contributed by atoms with Crippen LogP contribution in [0.5, 0.6) is 0 Å². The molecular formula is C13H14BrNO2. The summed E-state index contributed by atoms with van der Waals surface area (Å²) >= 11 is 3.42. The number of halogens is 1. The van der Waals surface area contributed by atoms with Crippen LogP contribution >= 0.6 is 15.9 Å². The summed E-state index contributed by atoms with van der Waals surface area (Å²) in [6.07, 6.45) is 0. The second-order valence-electron chi connectivity index (χ2n) is 4.75. The summed E-state index contributed by atoms with van der Waals surface area (Å²) in [5.41, 5.74) is 1.82. The fraction of sp³-hybridized carbons (Fsp3) is 0.308. The molecule has 1 aromatic carbocycles. The molecule has 0 aliphatic heterocycles. The van der Waals surface area contributed by atoms with E-state index in [1.807, 2.05) is 25.1 Å². The van der Waals surface area contributed by atoms with Gasteiger partial charge in [-0.15, -0.1) is 0 Å². The van der Waals surface area contributed by atoms with E-state index in [-0.39, 0.29) is 0 Å². The van der Waals surface area contributed by atoms with Crippen molar-refractivity contribution in [1.29, 1.82) is 0 Å². The fourth-order valence-corrected chi connectivity index (χ4v) is 2.57. The number of aryl methyl sites for hydroxylation is 1. The molecule has 90 valence electrons. The summed E-state index contributed by atoms with van der Waals surface area (Å²) in [6.45, 7) is 5.37. The highest BCUT2D eigenvalue weighted by molar-refractivity contribution is 9.10. The number of aromatic nitrogens is 1. The lowest BCUT2D eigenvalue weighted by Crippen LogP contribution is -2.29. The molecule has 0 bridgehead atoms. The molecule has 0 fully saturated rings. The predicted octanol–water partition coefficient (Wildman–Crippen LogP) is 3.60. The maximum atomic E-state index is 11.4. The van der Waals surface area contributed by atoms with Crippen molar-refractivity contribution in [3.63, 3.8) is 0 Å². The third kappa shape index (κ3) is 1.86. The number of aliphatic carboxylic acids is 1. The molecule has 0 atom stereocenters. The van der Waals surface area contributed by atoms with E-state index in [2.05, 4.69) is 20.9 Å². The van der Waals surface area contributed by atoms with Crippen LogP contribution in [-0.4, -0.2) is 16.1 Å². The first kappa shape index (κ1) is 12.2. The standard InChI is InChI=1S/C13H14BrNO2/c1-7-11(13(2,3)12(16)17)9-6-8(14)4-5-10(9)15-7/h4-6,15H,1-3H3,(H,16,17). The SMILES string of the molecule is Cc1[nH]c2ccc(Br)cc2c1C(C)(C)C(=O)O. The Hall–Kier alpha value is -1.29. The van der Waals surface area contributed by atoms with Crippen molar-refractivity contribution >= 4 is 32.8 Å². The van der Waals surface area contributed by atoms with Gasteiger partial charge in [0.2, 0.25) is 0 Å². The zero-order chi connectivity index (χ0) is 12.8. The second kappa shape index (κ2) is 3.88. The number of H-pyrrole nitrogens is 1. The Bertz CT molecular complexity index is 599. The highest BCUT2D eigenvalue weighted by atomic mass is 79.9. The summed E-state index contributed by atoms with van der Waals surface area (Å²) in [5, 5.41) is 10.3. The van der Waals surface area contributed by atoms with E-state index in [9.17, 15) is 9.90 Å². The number of carboxylic acids is 1. The summed E-state index contributed by atoms with van der Waals surface area (Å²) in [4.78, 5) is 14.6. The minimum atomic E-state index is -0.900. The highest BCUT2D eigenvalue weighted by Crippen LogP contribution is 2.34. The smallest absolute Gasteiger partial charge is 0.313 e. The van der Waals surface area contributed by atoms with E-state index >= 15 is 0 Å². The van der Waals surface area contributed by atoms with Crippen LogP contribution in [0.4, 0.5) is 0 Å². The number of hydrogen-bond acceptors (Lipinski definition) is 1. The quantitative estimate of drug-likeness (QED) is 0.889. The number of fused-ring (bicyclic) bond motifs is 1. The van der Waals surface area contributed by atoms with E-state index in [0.717, 1.165) is 26.6 Å². The molecule has 0 aliphatic rings. The number of hydrogen-bond donors (Lipinski definition) is 2. The molecule has 0 spiro atoms. The van der Waals surface area contributed by atoms with Gasteiger partial charge in [0.25, 0.3) is 0 Å². The van der Waals surface area contributed by atoms with E-state index in [0.29, 0.717) is 0 Å². The zero-order valence-electron chi connectivity index (χ0n) is 9.97. The van der Waals surface area contributed by atoms with Gasteiger partial charge in [-0.2, -0.15) is 0 Å². The number of carbonyl (C=O) groups is 1. The van der Waals surface area contributed by atoms with Crippen molar-refractivity contribution in [2.45, 2.75) is 26.2 Å². The maximum Gasteiger partial charge on any atom is 0.313 e. The molecule has 0 aliphatic carbocycles. The van der Waals surface area contributed by atoms with E-state index in [4.69, 9.17) is 0 Å². The Morgan fingerprint density at radius 3 is 2.65 bits per heavy atom. The Labute approximate surface area is 108 Å². The third-order valence-corrected chi connectivity index (χ3v) is 3.60. The fourth-order valence-electron chi connectivity index (χ4n) is 2.21. The van der Waals surface area contributed by atoms with Crippen LogP contribution in [0.15, 0.2) is 22.7 Å². The summed E-state index contributed by atoms with van der Waals surface area (Å²) < 4.78 is 0.950. The van der Waals surface area contributed by atoms with Gasteiger partial charge in [-0.3, -0.25) is 4.79 Å². The molecule has 0 unspecified atom stereocenters. The number of nitrogens with one attached hydrogen (secondary N) is 1. The van der Waals surface area contributed by atoms with Gasteiger partial charge in [0.1, 0.15) is 0 Å². The Kier molecular flexibility index (Phi) is 2.78. The number of carboxylic acid groups (broad SMARTS) is 1. The van der Waals surface area contributed by atoms with Crippen molar-refractivity contribution in [3.8, 4) is 0 Å². The second-order valence-corrected chi connectivity index (χ2v) is 5.66. The molecule has 2 N–H and O–H groups in total. The van der Waals surface area contributed by atoms with Gasteiger partial charge in [-0.1, -0.05) is 15.9 Å². The van der Waals surface area contributed by atoms with Crippen LogP contribution in [0.3, 0.4) is 0 Å². The predicted molar refractivity (Wildman–Crippen MR) is 71.4 cm³/mol. The Morgan fingerprint density at radius 2 is 2.06 bits per heavy atom. The maximum absolute atomic E-state index is 11.4.